The van der Waals surface area contributed by atoms with Crippen molar-refractivity contribution in [3.05, 3.63) is 23.9 Å². The maximum atomic E-state index is 5.18. The summed E-state index contributed by atoms with van der Waals surface area (Å²) in [5.41, 5.74) is 1.16. The van der Waals surface area contributed by atoms with Gasteiger partial charge in [0.1, 0.15) is 0 Å². The Bertz CT molecular complexity index is 354. The van der Waals surface area contributed by atoms with Crippen molar-refractivity contribution in [2.24, 2.45) is 0 Å². The molecule has 1 saturated heterocycles. The molecule has 0 aliphatic carbocycles. The standard InChI is InChI=1S/C13H20N2O/c1-4-11-10(8-9(2)14-11)12-6-5-7-13(15-12)16-3/h5-7,9-11,14H,4,8H2,1-3H3. The average Bonchev–Trinajstić information content (AvgIpc) is 2.70. The molecular weight excluding hydrogens is 200 g/mol. The van der Waals surface area contributed by atoms with Gasteiger partial charge in [0.15, 0.2) is 0 Å². The van der Waals surface area contributed by atoms with E-state index in [1.54, 1.807) is 7.11 Å². The summed E-state index contributed by atoms with van der Waals surface area (Å²) in [5.74, 6) is 1.24. The average molecular weight is 220 g/mol. The highest BCUT2D eigenvalue weighted by atomic mass is 16.5. The molecular formula is C13H20N2O. The molecule has 1 aliphatic rings. The Hall–Kier alpha value is -1.09. The molecule has 0 spiro atoms. The van der Waals surface area contributed by atoms with Gasteiger partial charge in [0, 0.05) is 29.8 Å². The molecule has 0 amide bonds. The molecule has 0 aromatic carbocycles. The van der Waals surface area contributed by atoms with Gasteiger partial charge in [-0.3, -0.25) is 0 Å². The molecule has 0 saturated carbocycles. The van der Waals surface area contributed by atoms with E-state index in [-0.39, 0.29) is 0 Å². The SMILES string of the molecule is CCC1NC(C)CC1c1cccc(OC)n1. The van der Waals surface area contributed by atoms with Crippen LogP contribution in [0.2, 0.25) is 0 Å². The molecule has 1 aromatic rings. The zero-order chi connectivity index (χ0) is 11.5. The summed E-state index contributed by atoms with van der Waals surface area (Å²) in [5, 5.41) is 3.61. The Balaban J connectivity index is 2.22. The highest BCUT2D eigenvalue weighted by Gasteiger charge is 2.32. The third-order valence-electron chi connectivity index (χ3n) is 3.37. The van der Waals surface area contributed by atoms with Gasteiger partial charge < -0.3 is 10.1 Å². The fourth-order valence-corrected chi connectivity index (χ4v) is 2.58. The maximum absolute atomic E-state index is 5.18. The van der Waals surface area contributed by atoms with Gasteiger partial charge in [-0.1, -0.05) is 13.0 Å². The van der Waals surface area contributed by atoms with E-state index in [9.17, 15) is 0 Å². The van der Waals surface area contributed by atoms with Gasteiger partial charge in [0.25, 0.3) is 0 Å². The zero-order valence-electron chi connectivity index (χ0n) is 10.2. The minimum atomic E-state index is 0.523. The van der Waals surface area contributed by atoms with Crippen LogP contribution in [0.25, 0.3) is 0 Å². The van der Waals surface area contributed by atoms with Crippen LogP contribution < -0.4 is 10.1 Å². The van der Waals surface area contributed by atoms with Gasteiger partial charge in [-0.15, -0.1) is 0 Å². The lowest BCUT2D eigenvalue weighted by molar-refractivity contribution is 0.393. The molecule has 88 valence electrons. The molecule has 3 nitrogen and oxygen atoms in total. The van der Waals surface area contributed by atoms with Crippen LogP contribution in [0.1, 0.15) is 38.3 Å². The summed E-state index contributed by atoms with van der Waals surface area (Å²) >= 11 is 0. The van der Waals surface area contributed by atoms with Crippen molar-refractivity contribution in [1.29, 1.82) is 0 Å². The van der Waals surface area contributed by atoms with E-state index in [2.05, 4.69) is 30.2 Å². The van der Waals surface area contributed by atoms with Crippen LogP contribution >= 0.6 is 0 Å². The molecule has 1 aliphatic heterocycles. The number of hydrogen-bond donors (Lipinski definition) is 1. The number of nitrogens with one attached hydrogen (secondary N) is 1. The van der Waals surface area contributed by atoms with E-state index in [1.165, 1.54) is 6.42 Å². The van der Waals surface area contributed by atoms with Crippen molar-refractivity contribution in [2.45, 2.75) is 44.7 Å². The fourth-order valence-electron chi connectivity index (χ4n) is 2.58. The number of ether oxygens (including phenoxy) is 1. The molecule has 16 heavy (non-hydrogen) atoms. The monoisotopic (exact) mass is 220 g/mol. The molecule has 1 N–H and O–H groups in total. The van der Waals surface area contributed by atoms with E-state index < -0.39 is 0 Å². The topological polar surface area (TPSA) is 34.1 Å². The smallest absolute Gasteiger partial charge is 0.213 e. The predicted molar refractivity (Wildman–Crippen MR) is 64.8 cm³/mol. The summed E-state index contributed by atoms with van der Waals surface area (Å²) < 4.78 is 5.18. The second-order valence-corrected chi connectivity index (χ2v) is 4.53. The largest absolute Gasteiger partial charge is 0.481 e. The molecule has 3 unspecified atom stereocenters. The first kappa shape index (κ1) is 11.4. The second-order valence-electron chi connectivity index (χ2n) is 4.53. The molecule has 0 radical (unpaired) electrons. The summed E-state index contributed by atoms with van der Waals surface area (Å²) in [6.45, 7) is 4.46. The van der Waals surface area contributed by atoms with Gasteiger partial charge in [-0.2, -0.15) is 0 Å². The minimum absolute atomic E-state index is 0.523. The van der Waals surface area contributed by atoms with Crippen LogP contribution in [0.4, 0.5) is 0 Å². The van der Waals surface area contributed by atoms with Gasteiger partial charge >= 0.3 is 0 Å². The Morgan fingerprint density at radius 1 is 1.50 bits per heavy atom. The minimum Gasteiger partial charge on any atom is -0.481 e. The fraction of sp³-hybridized carbons (Fsp3) is 0.615. The first-order valence-electron chi connectivity index (χ1n) is 6.01. The van der Waals surface area contributed by atoms with Crippen molar-refractivity contribution in [1.82, 2.24) is 10.3 Å². The lowest BCUT2D eigenvalue weighted by atomic mass is 9.93. The molecule has 3 heteroatoms. The van der Waals surface area contributed by atoms with Crippen molar-refractivity contribution < 1.29 is 4.74 Å². The number of aromatic nitrogens is 1. The number of nitrogens with zero attached hydrogens (tertiary/aromatic N) is 1. The summed E-state index contributed by atoms with van der Waals surface area (Å²) in [7, 11) is 1.67. The number of pyridine rings is 1. The van der Waals surface area contributed by atoms with E-state index >= 15 is 0 Å². The van der Waals surface area contributed by atoms with E-state index in [0.717, 1.165) is 12.1 Å². The van der Waals surface area contributed by atoms with Crippen molar-refractivity contribution in [2.75, 3.05) is 7.11 Å². The van der Waals surface area contributed by atoms with E-state index in [1.807, 2.05) is 12.1 Å². The number of rotatable bonds is 3. The van der Waals surface area contributed by atoms with Gasteiger partial charge in [-0.05, 0) is 25.8 Å². The lowest BCUT2D eigenvalue weighted by Gasteiger charge is -2.17. The third kappa shape index (κ3) is 2.19. The molecule has 2 heterocycles. The van der Waals surface area contributed by atoms with E-state index in [4.69, 9.17) is 4.74 Å². The highest BCUT2D eigenvalue weighted by molar-refractivity contribution is 5.21. The third-order valence-corrected chi connectivity index (χ3v) is 3.37. The second kappa shape index (κ2) is 4.83. The Morgan fingerprint density at radius 3 is 3.00 bits per heavy atom. The molecule has 1 fully saturated rings. The first-order valence-corrected chi connectivity index (χ1v) is 6.01. The zero-order valence-corrected chi connectivity index (χ0v) is 10.2. The van der Waals surface area contributed by atoms with Gasteiger partial charge in [0.05, 0.1) is 7.11 Å². The maximum Gasteiger partial charge on any atom is 0.213 e. The van der Waals surface area contributed by atoms with Crippen LogP contribution in [-0.2, 0) is 0 Å². The predicted octanol–water partition coefficient (Wildman–Crippen LogP) is 2.33. The van der Waals surface area contributed by atoms with Crippen LogP contribution in [0, 0.1) is 0 Å². The quantitative estimate of drug-likeness (QED) is 0.849. The Morgan fingerprint density at radius 2 is 2.31 bits per heavy atom. The molecule has 2 rings (SSSR count). The Labute approximate surface area is 97.2 Å². The lowest BCUT2D eigenvalue weighted by Crippen LogP contribution is -2.28. The normalized spacial score (nSPS) is 29.3. The first-order chi connectivity index (χ1) is 7.74. The molecule has 0 bridgehead atoms. The summed E-state index contributed by atoms with van der Waals surface area (Å²) in [6.07, 6.45) is 2.31. The summed E-state index contributed by atoms with van der Waals surface area (Å²) in [4.78, 5) is 4.54. The van der Waals surface area contributed by atoms with Crippen molar-refractivity contribution in [3.63, 3.8) is 0 Å². The van der Waals surface area contributed by atoms with Crippen LogP contribution in [0.5, 0.6) is 5.88 Å². The summed E-state index contributed by atoms with van der Waals surface area (Å²) in [6, 6.07) is 7.17. The Kier molecular flexibility index (Phi) is 3.44. The molecule has 1 aromatic heterocycles. The van der Waals surface area contributed by atoms with Crippen molar-refractivity contribution in [3.8, 4) is 5.88 Å². The van der Waals surface area contributed by atoms with Crippen LogP contribution in [0.3, 0.4) is 0 Å². The van der Waals surface area contributed by atoms with Gasteiger partial charge in [0.2, 0.25) is 5.88 Å². The van der Waals surface area contributed by atoms with Gasteiger partial charge in [-0.25, -0.2) is 4.98 Å². The van der Waals surface area contributed by atoms with Crippen LogP contribution in [-0.4, -0.2) is 24.2 Å². The number of hydrogen-bond acceptors (Lipinski definition) is 3. The molecule has 3 atom stereocenters. The van der Waals surface area contributed by atoms with Crippen LogP contribution in [0.15, 0.2) is 18.2 Å². The number of methoxy groups -OCH3 is 1. The van der Waals surface area contributed by atoms with Crippen molar-refractivity contribution >= 4 is 0 Å². The highest BCUT2D eigenvalue weighted by Crippen LogP contribution is 2.31. The van der Waals surface area contributed by atoms with E-state index in [0.29, 0.717) is 23.9 Å².